The first-order valence-corrected chi connectivity index (χ1v) is 6.69. The van der Waals surface area contributed by atoms with Gasteiger partial charge in [0.2, 0.25) is 0 Å². The summed E-state index contributed by atoms with van der Waals surface area (Å²) in [7, 11) is 0. The molecule has 21 heavy (non-hydrogen) atoms. The second-order valence-corrected chi connectivity index (χ2v) is 4.84. The van der Waals surface area contributed by atoms with Crippen molar-refractivity contribution in [1.29, 1.82) is 0 Å². The monoisotopic (exact) mass is 287 g/mol. The zero-order chi connectivity index (χ0) is 15.2. The number of nitrogens with two attached hydrogens (primary N) is 1. The second kappa shape index (κ2) is 6.85. The average Bonchev–Trinajstić information content (AvgIpc) is 2.47. The minimum atomic E-state index is -0.312. The van der Waals surface area contributed by atoms with Gasteiger partial charge in [0.05, 0.1) is 0 Å². The van der Waals surface area contributed by atoms with Gasteiger partial charge in [0.15, 0.2) is 0 Å². The van der Waals surface area contributed by atoms with Crippen LogP contribution in [0.1, 0.15) is 24.1 Å². The molecule has 2 aromatic rings. The molecule has 0 aliphatic heterocycles. The number of urea groups is 1. The van der Waals surface area contributed by atoms with Crippen LogP contribution >= 0.6 is 0 Å². The highest BCUT2D eigenvalue weighted by Gasteiger charge is 2.03. The Morgan fingerprint density at radius 1 is 1.14 bits per heavy atom. The number of anilines is 1. The minimum absolute atomic E-state index is 0.0358. The topological polar surface area (TPSA) is 67.1 Å². The molecule has 0 radical (unpaired) electrons. The number of carbonyl (C=O) groups excluding carboxylic acids is 1. The van der Waals surface area contributed by atoms with E-state index in [0.29, 0.717) is 12.2 Å². The molecule has 0 saturated carbocycles. The molecule has 0 aliphatic rings. The van der Waals surface area contributed by atoms with E-state index in [1.165, 1.54) is 12.1 Å². The first-order chi connectivity index (χ1) is 10.0. The van der Waals surface area contributed by atoms with E-state index in [-0.39, 0.29) is 17.9 Å². The lowest BCUT2D eigenvalue weighted by molar-refractivity contribution is 0.251. The van der Waals surface area contributed by atoms with Crippen LogP contribution in [-0.2, 0) is 6.54 Å². The Bertz CT molecular complexity index is 594. The van der Waals surface area contributed by atoms with Gasteiger partial charge in [0.1, 0.15) is 5.82 Å². The van der Waals surface area contributed by atoms with Gasteiger partial charge in [-0.3, -0.25) is 0 Å². The van der Waals surface area contributed by atoms with Gasteiger partial charge in [-0.05, 0) is 42.3 Å². The Hall–Kier alpha value is -2.40. The summed E-state index contributed by atoms with van der Waals surface area (Å²) < 4.78 is 12.8. The van der Waals surface area contributed by atoms with Crippen molar-refractivity contribution < 1.29 is 9.18 Å². The van der Waals surface area contributed by atoms with E-state index in [1.807, 2.05) is 19.1 Å². The molecule has 0 bridgehead atoms. The molecular formula is C16H18FN3O. The Morgan fingerprint density at radius 2 is 1.76 bits per heavy atom. The van der Waals surface area contributed by atoms with E-state index in [2.05, 4.69) is 10.6 Å². The predicted molar refractivity (Wildman–Crippen MR) is 81.3 cm³/mol. The van der Waals surface area contributed by atoms with Crippen LogP contribution in [0.2, 0.25) is 0 Å². The highest BCUT2D eigenvalue weighted by molar-refractivity contribution is 5.89. The van der Waals surface area contributed by atoms with Crippen LogP contribution in [0.25, 0.3) is 0 Å². The van der Waals surface area contributed by atoms with E-state index in [0.717, 1.165) is 11.1 Å². The zero-order valence-corrected chi connectivity index (χ0v) is 11.8. The maximum Gasteiger partial charge on any atom is 0.319 e. The molecule has 0 aliphatic carbocycles. The lowest BCUT2D eigenvalue weighted by Gasteiger charge is -2.09. The van der Waals surface area contributed by atoms with Crippen molar-refractivity contribution in [3.8, 4) is 0 Å². The van der Waals surface area contributed by atoms with Gasteiger partial charge in [-0.1, -0.05) is 24.3 Å². The molecule has 110 valence electrons. The molecule has 4 nitrogen and oxygen atoms in total. The van der Waals surface area contributed by atoms with Crippen LogP contribution in [0.15, 0.2) is 48.5 Å². The molecule has 2 aromatic carbocycles. The van der Waals surface area contributed by atoms with Gasteiger partial charge in [0, 0.05) is 18.3 Å². The van der Waals surface area contributed by atoms with Crippen LogP contribution in [0.3, 0.4) is 0 Å². The van der Waals surface area contributed by atoms with Crippen LogP contribution < -0.4 is 16.4 Å². The third-order valence-corrected chi connectivity index (χ3v) is 3.06. The fourth-order valence-electron chi connectivity index (χ4n) is 1.83. The molecule has 1 unspecified atom stereocenters. The van der Waals surface area contributed by atoms with Crippen molar-refractivity contribution in [3.05, 3.63) is 65.5 Å². The predicted octanol–water partition coefficient (Wildman–Crippen LogP) is 3.17. The molecule has 2 rings (SSSR count). The molecule has 0 fully saturated rings. The zero-order valence-electron chi connectivity index (χ0n) is 11.8. The quantitative estimate of drug-likeness (QED) is 0.808. The number of amides is 2. The van der Waals surface area contributed by atoms with Crippen molar-refractivity contribution in [1.82, 2.24) is 5.32 Å². The Labute approximate surface area is 123 Å². The van der Waals surface area contributed by atoms with E-state index >= 15 is 0 Å². The molecular weight excluding hydrogens is 269 g/mol. The number of halogens is 1. The summed E-state index contributed by atoms with van der Waals surface area (Å²) in [5.41, 5.74) is 8.29. The number of hydrogen-bond donors (Lipinski definition) is 3. The van der Waals surface area contributed by atoms with Crippen molar-refractivity contribution in [2.75, 3.05) is 5.32 Å². The van der Waals surface area contributed by atoms with Gasteiger partial charge >= 0.3 is 6.03 Å². The lowest BCUT2D eigenvalue weighted by atomic mass is 10.1. The SMILES string of the molecule is CC(N)c1ccc(NC(=O)NCc2ccc(F)cc2)cc1. The van der Waals surface area contributed by atoms with E-state index in [4.69, 9.17) is 5.73 Å². The summed E-state index contributed by atoms with van der Waals surface area (Å²) in [6.45, 7) is 2.24. The smallest absolute Gasteiger partial charge is 0.319 e. The first-order valence-electron chi connectivity index (χ1n) is 6.69. The van der Waals surface area contributed by atoms with Crippen molar-refractivity contribution in [2.24, 2.45) is 5.73 Å². The largest absolute Gasteiger partial charge is 0.334 e. The standard InChI is InChI=1S/C16H18FN3O/c1-11(18)13-4-8-15(9-5-13)20-16(21)19-10-12-2-6-14(17)7-3-12/h2-9,11H,10,18H2,1H3,(H2,19,20,21). The van der Waals surface area contributed by atoms with Crippen LogP contribution in [-0.4, -0.2) is 6.03 Å². The number of hydrogen-bond acceptors (Lipinski definition) is 2. The lowest BCUT2D eigenvalue weighted by Crippen LogP contribution is -2.28. The van der Waals surface area contributed by atoms with Gasteiger partial charge in [-0.25, -0.2) is 9.18 Å². The summed E-state index contributed by atoms with van der Waals surface area (Å²) in [6, 6.07) is 13.0. The molecule has 0 aromatic heterocycles. The fourth-order valence-corrected chi connectivity index (χ4v) is 1.83. The second-order valence-electron chi connectivity index (χ2n) is 4.84. The maximum atomic E-state index is 12.8. The van der Waals surface area contributed by atoms with Crippen molar-refractivity contribution >= 4 is 11.7 Å². The van der Waals surface area contributed by atoms with Crippen molar-refractivity contribution in [2.45, 2.75) is 19.5 Å². The number of benzene rings is 2. The fraction of sp³-hybridized carbons (Fsp3) is 0.188. The number of nitrogens with one attached hydrogen (secondary N) is 2. The van der Waals surface area contributed by atoms with Crippen LogP contribution in [0.4, 0.5) is 14.9 Å². The third kappa shape index (κ3) is 4.57. The Morgan fingerprint density at radius 3 is 2.33 bits per heavy atom. The van der Waals surface area contributed by atoms with Crippen molar-refractivity contribution in [3.63, 3.8) is 0 Å². The van der Waals surface area contributed by atoms with E-state index in [9.17, 15) is 9.18 Å². The van der Waals surface area contributed by atoms with E-state index < -0.39 is 0 Å². The highest BCUT2D eigenvalue weighted by Crippen LogP contribution is 2.14. The first kappa shape index (κ1) is 15.0. The molecule has 0 spiro atoms. The van der Waals surface area contributed by atoms with E-state index in [1.54, 1.807) is 24.3 Å². The number of rotatable bonds is 4. The van der Waals surface area contributed by atoms with Gasteiger partial charge in [-0.2, -0.15) is 0 Å². The molecule has 1 atom stereocenters. The highest BCUT2D eigenvalue weighted by atomic mass is 19.1. The summed E-state index contributed by atoms with van der Waals surface area (Å²) in [6.07, 6.45) is 0. The Kier molecular flexibility index (Phi) is 4.90. The third-order valence-electron chi connectivity index (χ3n) is 3.06. The summed E-state index contributed by atoms with van der Waals surface area (Å²) in [4.78, 5) is 11.8. The molecule has 2 amide bonds. The molecule has 0 heterocycles. The summed E-state index contributed by atoms with van der Waals surface area (Å²) >= 11 is 0. The maximum absolute atomic E-state index is 12.8. The van der Waals surface area contributed by atoms with Gasteiger partial charge in [0.25, 0.3) is 0 Å². The number of carbonyl (C=O) groups is 1. The minimum Gasteiger partial charge on any atom is -0.334 e. The molecule has 0 saturated heterocycles. The van der Waals surface area contributed by atoms with Crippen LogP contribution in [0, 0.1) is 5.82 Å². The van der Waals surface area contributed by atoms with Gasteiger partial charge in [-0.15, -0.1) is 0 Å². The van der Waals surface area contributed by atoms with Crippen LogP contribution in [0.5, 0.6) is 0 Å². The summed E-state index contributed by atoms with van der Waals surface area (Å²) in [5.74, 6) is -0.294. The summed E-state index contributed by atoms with van der Waals surface area (Å²) in [5, 5.41) is 5.43. The molecule has 4 N–H and O–H groups in total. The molecule has 5 heteroatoms. The van der Waals surface area contributed by atoms with Gasteiger partial charge < -0.3 is 16.4 Å². The average molecular weight is 287 g/mol. The normalized spacial score (nSPS) is 11.8. The Balaban J connectivity index is 1.85.